The predicted octanol–water partition coefficient (Wildman–Crippen LogP) is 2.49. The van der Waals surface area contributed by atoms with Gasteiger partial charge >= 0.3 is 0 Å². The number of methoxy groups -OCH3 is 1. The number of nitrogens with one attached hydrogen (secondary N) is 1. The van der Waals surface area contributed by atoms with Crippen LogP contribution in [0.15, 0.2) is 47.6 Å². The number of hydrogen-bond donors (Lipinski definition) is 2. The van der Waals surface area contributed by atoms with E-state index in [0.29, 0.717) is 18.1 Å². The first kappa shape index (κ1) is 17.3. The van der Waals surface area contributed by atoms with Gasteiger partial charge in [0, 0.05) is 0 Å². The Balaban J connectivity index is 1.93. The second kappa shape index (κ2) is 8.57. The van der Waals surface area contributed by atoms with Gasteiger partial charge in [0.25, 0.3) is 0 Å². The lowest BCUT2D eigenvalue weighted by Gasteiger charge is -2.09. The molecule has 0 unspecified atom stereocenters. The molecule has 24 heavy (non-hydrogen) atoms. The molecule has 0 aliphatic heterocycles. The van der Waals surface area contributed by atoms with E-state index in [1.807, 2.05) is 13.0 Å². The molecule has 0 aromatic heterocycles. The maximum Gasteiger partial charge on any atom is 0.244 e. The number of benzene rings is 2. The molecule has 126 valence electrons. The third kappa shape index (κ3) is 5.01. The van der Waals surface area contributed by atoms with E-state index in [2.05, 4.69) is 10.5 Å². The van der Waals surface area contributed by atoms with E-state index in [9.17, 15) is 9.90 Å². The SMILES string of the molecule is CCOc1ccc(/C=N\NC(=O)Cc2ccc(O)cc2)cc1OC. The van der Waals surface area contributed by atoms with Gasteiger partial charge in [-0.15, -0.1) is 0 Å². The third-order valence-electron chi connectivity index (χ3n) is 3.19. The zero-order valence-corrected chi connectivity index (χ0v) is 13.7. The molecule has 0 radical (unpaired) electrons. The first-order chi connectivity index (χ1) is 11.6. The quantitative estimate of drug-likeness (QED) is 0.604. The van der Waals surface area contributed by atoms with E-state index < -0.39 is 0 Å². The summed E-state index contributed by atoms with van der Waals surface area (Å²) in [6.07, 6.45) is 1.72. The summed E-state index contributed by atoms with van der Waals surface area (Å²) in [6, 6.07) is 11.9. The van der Waals surface area contributed by atoms with Crippen LogP contribution < -0.4 is 14.9 Å². The van der Waals surface area contributed by atoms with Crippen molar-refractivity contribution >= 4 is 12.1 Å². The molecule has 0 atom stereocenters. The van der Waals surface area contributed by atoms with E-state index in [0.717, 1.165) is 11.1 Å². The highest BCUT2D eigenvalue weighted by Gasteiger charge is 2.05. The van der Waals surface area contributed by atoms with Gasteiger partial charge in [0.05, 0.1) is 26.4 Å². The minimum Gasteiger partial charge on any atom is -0.508 e. The van der Waals surface area contributed by atoms with Crippen molar-refractivity contribution in [2.45, 2.75) is 13.3 Å². The van der Waals surface area contributed by atoms with Crippen molar-refractivity contribution in [1.29, 1.82) is 0 Å². The molecule has 1 amide bonds. The Morgan fingerprint density at radius 2 is 1.96 bits per heavy atom. The average molecular weight is 328 g/mol. The zero-order valence-electron chi connectivity index (χ0n) is 13.7. The number of amides is 1. The van der Waals surface area contributed by atoms with Crippen LogP contribution in [0, 0.1) is 0 Å². The highest BCUT2D eigenvalue weighted by molar-refractivity contribution is 5.84. The van der Waals surface area contributed by atoms with E-state index in [-0.39, 0.29) is 18.1 Å². The second-order valence-corrected chi connectivity index (χ2v) is 4.98. The predicted molar refractivity (Wildman–Crippen MR) is 91.7 cm³/mol. The highest BCUT2D eigenvalue weighted by Crippen LogP contribution is 2.27. The van der Waals surface area contributed by atoms with Crippen LogP contribution in [0.4, 0.5) is 0 Å². The van der Waals surface area contributed by atoms with Gasteiger partial charge in [-0.05, 0) is 48.4 Å². The largest absolute Gasteiger partial charge is 0.508 e. The molecule has 2 N–H and O–H groups in total. The molecule has 0 fully saturated rings. The molecule has 0 saturated carbocycles. The van der Waals surface area contributed by atoms with Gasteiger partial charge in [0.1, 0.15) is 5.75 Å². The van der Waals surface area contributed by atoms with Gasteiger partial charge in [-0.1, -0.05) is 12.1 Å². The molecule has 0 saturated heterocycles. The molecule has 2 aromatic rings. The third-order valence-corrected chi connectivity index (χ3v) is 3.19. The summed E-state index contributed by atoms with van der Waals surface area (Å²) in [7, 11) is 1.57. The maximum absolute atomic E-state index is 11.8. The number of phenolic OH excluding ortho intramolecular Hbond substituents is 1. The van der Waals surface area contributed by atoms with E-state index in [4.69, 9.17) is 9.47 Å². The molecule has 0 spiro atoms. The number of aromatic hydroxyl groups is 1. The molecule has 2 aromatic carbocycles. The number of hydrazone groups is 1. The topological polar surface area (TPSA) is 80.2 Å². The maximum atomic E-state index is 11.8. The molecule has 0 aliphatic carbocycles. The molecule has 6 heteroatoms. The molecule has 0 bridgehead atoms. The van der Waals surface area contributed by atoms with Crippen LogP contribution in [0.3, 0.4) is 0 Å². The Hall–Kier alpha value is -3.02. The Kier molecular flexibility index (Phi) is 6.19. The minimum absolute atomic E-state index is 0.168. The lowest BCUT2D eigenvalue weighted by Crippen LogP contribution is -2.19. The fourth-order valence-electron chi connectivity index (χ4n) is 2.06. The molecule has 2 rings (SSSR count). The molecule has 6 nitrogen and oxygen atoms in total. The highest BCUT2D eigenvalue weighted by atomic mass is 16.5. The molecular weight excluding hydrogens is 308 g/mol. The summed E-state index contributed by atoms with van der Waals surface area (Å²) >= 11 is 0. The summed E-state index contributed by atoms with van der Waals surface area (Å²) in [5, 5.41) is 13.1. The Morgan fingerprint density at radius 3 is 2.62 bits per heavy atom. The number of ether oxygens (including phenoxy) is 2. The van der Waals surface area contributed by atoms with Gasteiger partial charge in [-0.3, -0.25) is 4.79 Å². The van der Waals surface area contributed by atoms with Crippen molar-refractivity contribution in [3.63, 3.8) is 0 Å². The Morgan fingerprint density at radius 1 is 1.21 bits per heavy atom. The van der Waals surface area contributed by atoms with Crippen molar-refractivity contribution in [3.05, 3.63) is 53.6 Å². The first-order valence-electron chi connectivity index (χ1n) is 7.53. The number of carbonyl (C=O) groups is 1. The lowest BCUT2D eigenvalue weighted by molar-refractivity contribution is -0.120. The van der Waals surface area contributed by atoms with Crippen LogP contribution in [-0.2, 0) is 11.2 Å². The van der Waals surface area contributed by atoms with E-state index in [1.165, 1.54) is 18.3 Å². The zero-order chi connectivity index (χ0) is 17.4. The number of phenols is 1. The fraction of sp³-hybridized carbons (Fsp3) is 0.222. The van der Waals surface area contributed by atoms with Crippen molar-refractivity contribution in [2.75, 3.05) is 13.7 Å². The molecule has 0 heterocycles. The smallest absolute Gasteiger partial charge is 0.244 e. The van der Waals surface area contributed by atoms with Crippen LogP contribution in [-0.4, -0.2) is 30.9 Å². The standard InChI is InChI=1S/C18H20N2O4/c1-3-24-16-9-6-14(10-17(16)23-2)12-19-20-18(22)11-13-4-7-15(21)8-5-13/h4-10,12,21H,3,11H2,1-2H3,(H,20,22)/b19-12-. The van der Waals surface area contributed by atoms with E-state index >= 15 is 0 Å². The second-order valence-electron chi connectivity index (χ2n) is 4.98. The number of carbonyl (C=O) groups excluding carboxylic acids is 1. The first-order valence-corrected chi connectivity index (χ1v) is 7.53. The molecule has 0 aliphatic rings. The van der Waals surface area contributed by atoms with E-state index in [1.54, 1.807) is 31.4 Å². The van der Waals surface area contributed by atoms with Crippen LogP contribution in [0.2, 0.25) is 0 Å². The van der Waals surface area contributed by atoms with Crippen LogP contribution >= 0.6 is 0 Å². The van der Waals surface area contributed by atoms with Gasteiger partial charge < -0.3 is 14.6 Å². The van der Waals surface area contributed by atoms with Crippen LogP contribution in [0.5, 0.6) is 17.2 Å². The fourth-order valence-corrected chi connectivity index (χ4v) is 2.06. The summed E-state index contributed by atoms with van der Waals surface area (Å²) in [6.45, 7) is 2.45. The summed E-state index contributed by atoms with van der Waals surface area (Å²) in [5.41, 5.74) is 4.04. The minimum atomic E-state index is -0.241. The van der Waals surface area contributed by atoms with Crippen LogP contribution in [0.25, 0.3) is 0 Å². The Labute approximate surface area is 140 Å². The summed E-state index contributed by atoms with van der Waals surface area (Å²) in [4.78, 5) is 11.8. The van der Waals surface area contributed by atoms with Gasteiger partial charge in [-0.2, -0.15) is 5.10 Å². The van der Waals surface area contributed by atoms with Crippen molar-refractivity contribution in [3.8, 4) is 17.2 Å². The van der Waals surface area contributed by atoms with Crippen molar-refractivity contribution < 1.29 is 19.4 Å². The average Bonchev–Trinajstić information content (AvgIpc) is 2.58. The molecular formula is C18H20N2O4. The van der Waals surface area contributed by atoms with Crippen molar-refractivity contribution in [1.82, 2.24) is 5.43 Å². The summed E-state index contributed by atoms with van der Waals surface area (Å²) in [5.74, 6) is 1.20. The van der Waals surface area contributed by atoms with Gasteiger partial charge in [-0.25, -0.2) is 5.43 Å². The van der Waals surface area contributed by atoms with Crippen molar-refractivity contribution in [2.24, 2.45) is 5.10 Å². The van der Waals surface area contributed by atoms with Crippen LogP contribution in [0.1, 0.15) is 18.1 Å². The Bertz CT molecular complexity index is 711. The lowest BCUT2D eigenvalue weighted by atomic mass is 10.1. The monoisotopic (exact) mass is 328 g/mol. The number of hydrogen-bond acceptors (Lipinski definition) is 5. The number of nitrogens with zero attached hydrogens (tertiary/aromatic N) is 1. The normalized spacial score (nSPS) is 10.6. The number of rotatable bonds is 7. The van der Waals surface area contributed by atoms with Gasteiger partial charge in [0.15, 0.2) is 11.5 Å². The van der Waals surface area contributed by atoms with Gasteiger partial charge in [0.2, 0.25) is 5.91 Å². The summed E-state index contributed by atoms with van der Waals surface area (Å²) < 4.78 is 10.7.